The summed E-state index contributed by atoms with van der Waals surface area (Å²) in [7, 11) is -3.76. The second kappa shape index (κ2) is 11.1. The Kier molecular flexibility index (Phi) is 9.07. The highest BCUT2D eigenvalue weighted by atomic mass is 32.2. The highest BCUT2D eigenvalue weighted by Gasteiger charge is 2.29. The van der Waals surface area contributed by atoms with Gasteiger partial charge < -0.3 is 5.32 Å². The fourth-order valence-corrected chi connectivity index (χ4v) is 4.73. The third-order valence-electron chi connectivity index (χ3n) is 5.34. The lowest BCUT2D eigenvalue weighted by molar-refractivity contribution is -0.124. The summed E-state index contributed by atoms with van der Waals surface area (Å²) in [5.74, 6) is -0.0467. The van der Waals surface area contributed by atoms with Crippen LogP contribution in [0.4, 0.5) is 0 Å². The summed E-state index contributed by atoms with van der Waals surface area (Å²) >= 11 is 0. The number of nitrogens with zero attached hydrogens (tertiary/aromatic N) is 1. The number of rotatable bonds is 9. The highest BCUT2D eigenvalue weighted by Crippen LogP contribution is 2.15. The molecule has 0 spiro atoms. The largest absolute Gasteiger partial charge is 0.352 e. The van der Waals surface area contributed by atoms with E-state index in [0.29, 0.717) is 6.42 Å². The summed E-state index contributed by atoms with van der Waals surface area (Å²) in [5, 5.41) is 3.08. The van der Waals surface area contributed by atoms with Gasteiger partial charge in [-0.3, -0.25) is 9.69 Å². The highest BCUT2D eigenvalue weighted by molar-refractivity contribution is 7.89. The first-order chi connectivity index (χ1) is 14.1. The Labute approximate surface area is 182 Å². The molecule has 1 aliphatic rings. The molecule has 7 heteroatoms. The van der Waals surface area contributed by atoms with Crippen LogP contribution >= 0.6 is 0 Å². The summed E-state index contributed by atoms with van der Waals surface area (Å²) in [6.07, 6.45) is 4.43. The van der Waals surface area contributed by atoms with Crippen molar-refractivity contribution in [1.82, 2.24) is 14.9 Å². The van der Waals surface area contributed by atoms with Crippen molar-refractivity contribution in [2.75, 3.05) is 19.6 Å². The monoisotopic (exact) mass is 435 g/mol. The molecule has 2 rings (SSSR count). The molecule has 1 unspecified atom stereocenters. The Morgan fingerprint density at radius 3 is 2.30 bits per heavy atom. The fraction of sp³-hybridized carbons (Fsp3) is 0.609. The third kappa shape index (κ3) is 7.85. The van der Waals surface area contributed by atoms with E-state index in [1.807, 2.05) is 20.8 Å². The molecule has 2 N–H and O–H groups in total. The van der Waals surface area contributed by atoms with Crippen LogP contribution in [-0.4, -0.2) is 50.9 Å². The quantitative estimate of drug-likeness (QED) is 0.584. The number of carbonyl (C=O) groups is 1. The van der Waals surface area contributed by atoms with E-state index >= 15 is 0 Å². The number of carbonyl (C=O) groups excluding carboxylic acids is 1. The number of piperidine rings is 1. The van der Waals surface area contributed by atoms with Crippen LogP contribution in [0.3, 0.4) is 0 Å². The maximum atomic E-state index is 12.9. The van der Waals surface area contributed by atoms with Crippen LogP contribution in [-0.2, 0) is 14.8 Å². The summed E-state index contributed by atoms with van der Waals surface area (Å²) in [6.45, 7) is 12.9. The van der Waals surface area contributed by atoms with Crippen molar-refractivity contribution >= 4 is 15.9 Å². The van der Waals surface area contributed by atoms with E-state index in [1.54, 1.807) is 24.3 Å². The molecule has 6 nitrogen and oxygen atoms in total. The predicted molar refractivity (Wildman–Crippen MR) is 122 cm³/mol. The van der Waals surface area contributed by atoms with Gasteiger partial charge in [-0.2, -0.15) is 4.72 Å². The second-order valence-corrected chi connectivity index (χ2v) is 10.7. The number of hydrogen-bond donors (Lipinski definition) is 2. The lowest BCUT2D eigenvalue weighted by Crippen LogP contribution is -2.52. The van der Waals surface area contributed by atoms with Crippen LogP contribution in [0.2, 0.25) is 0 Å². The van der Waals surface area contributed by atoms with E-state index in [0.717, 1.165) is 38.0 Å². The summed E-state index contributed by atoms with van der Waals surface area (Å²) in [4.78, 5) is 15.5. The maximum absolute atomic E-state index is 12.9. The minimum atomic E-state index is -3.76. The average molecular weight is 436 g/mol. The van der Waals surface area contributed by atoms with Crippen LogP contribution in [0.5, 0.6) is 0 Å². The first kappa shape index (κ1) is 24.6. The fourth-order valence-electron chi connectivity index (χ4n) is 3.53. The van der Waals surface area contributed by atoms with E-state index in [1.165, 1.54) is 5.57 Å². The molecule has 30 heavy (non-hydrogen) atoms. The van der Waals surface area contributed by atoms with Gasteiger partial charge in [-0.05, 0) is 58.1 Å². The molecule has 1 atom stereocenters. The number of amides is 1. The molecule has 0 saturated carbocycles. The van der Waals surface area contributed by atoms with Crippen molar-refractivity contribution in [3.05, 3.63) is 41.5 Å². The number of aryl methyl sites for hydroxylation is 1. The molecule has 0 aliphatic carbocycles. The third-order valence-corrected chi connectivity index (χ3v) is 6.83. The van der Waals surface area contributed by atoms with Crippen molar-refractivity contribution < 1.29 is 13.2 Å². The molecule has 0 bridgehead atoms. The van der Waals surface area contributed by atoms with Gasteiger partial charge in [0.25, 0.3) is 0 Å². The number of allylic oxidation sites excluding steroid dienone is 1. The average Bonchev–Trinajstić information content (AvgIpc) is 2.66. The Morgan fingerprint density at radius 1 is 1.17 bits per heavy atom. The standard InChI is InChI=1S/C23H37N3O3S/c1-17(2)10-13-26-14-11-20(12-15-26)24-23(27)22(16-18(3)4)25-30(28,29)21-8-6-19(5)7-9-21/h6-10,18,20,22,25H,11-16H2,1-5H3,(H,24,27). The van der Waals surface area contributed by atoms with E-state index in [4.69, 9.17) is 0 Å². The molecule has 1 aliphatic heterocycles. The number of hydrogen-bond acceptors (Lipinski definition) is 4. The molecule has 1 amide bonds. The van der Waals surface area contributed by atoms with E-state index < -0.39 is 16.1 Å². The van der Waals surface area contributed by atoms with Crippen molar-refractivity contribution in [2.24, 2.45) is 5.92 Å². The topological polar surface area (TPSA) is 78.5 Å². The van der Waals surface area contributed by atoms with E-state index in [2.05, 4.69) is 34.9 Å². The van der Waals surface area contributed by atoms with Gasteiger partial charge in [0, 0.05) is 25.7 Å². The zero-order chi connectivity index (χ0) is 22.3. The van der Waals surface area contributed by atoms with E-state index in [-0.39, 0.29) is 22.8 Å². The van der Waals surface area contributed by atoms with Crippen LogP contribution in [0.25, 0.3) is 0 Å². The van der Waals surface area contributed by atoms with Crippen LogP contribution in [0.15, 0.2) is 40.8 Å². The lowest BCUT2D eigenvalue weighted by atomic mass is 10.0. The molecular formula is C23H37N3O3S. The van der Waals surface area contributed by atoms with Gasteiger partial charge in [-0.1, -0.05) is 43.2 Å². The summed E-state index contributed by atoms with van der Waals surface area (Å²) in [5.41, 5.74) is 2.30. The number of nitrogens with one attached hydrogen (secondary N) is 2. The lowest BCUT2D eigenvalue weighted by Gasteiger charge is -2.32. The van der Waals surface area contributed by atoms with Gasteiger partial charge in [0.05, 0.1) is 4.90 Å². The molecule has 0 aromatic heterocycles. The van der Waals surface area contributed by atoms with Gasteiger partial charge in [0.15, 0.2) is 0 Å². The molecule has 0 radical (unpaired) electrons. The van der Waals surface area contributed by atoms with Crippen molar-refractivity contribution in [3.63, 3.8) is 0 Å². The normalized spacial score (nSPS) is 17.0. The van der Waals surface area contributed by atoms with E-state index in [9.17, 15) is 13.2 Å². The minimum Gasteiger partial charge on any atom is -0.352 e. The molecule has 168 valence electrons. The Balaban J connectivity index is 1.99. The van der Waals surface area contributed by atoms with Gasteiger partial charge >= 0.3 is 0 Å². The second-order valence-electron chi connectivity index (χ2n) is 8.98. The predicted octanol–water partition coefficient (Wildman–Crippen LogP) is 3.23. The minimum absolute atomic E-state index is 0.0824. The first-order valence-corrected chi connectivity index (χ1v) is 12.3. The summed E-state index contributed by atoms with van der Waals surface area (Å²) in [6, 6.07) is 5.97. The zero-order valence-electron chi connectivity index (χ0n) is 18.9. The molecule has 1 aromatic carbocycles. The van der Waals surface area contributed by atoms with Gasteiger partial charge in [-0.25, -0.2) is 8.42 Å². The molecule has 1 aromatic rings. The van der Waals surface area contributed by atoms with Gasteiger partial charge in [0.1, 0.15) is 6.04 Å². The van der Waals surface area contributed by atoms with Crippen LogP contribution < -0.4 is 10.0 Å². The molecule has 1 saturated heterocycles. The SMILES string of the molecule is CC(C)=CCN1CCC(NC(=O)C(CC(C)C)NS(=O)(=O)c2ccc(C)cc2)CC1. The molecule has 1 heterocycles. The van der Waals surface area contributed by atoms with Crippen molar-refractivity contribution in [2.45, 2.75) is 70.9 Å². The maximum Gasteiger partial charge on any atom is 0.241 e. The Morgan fingerprint density at radius 2 is 1.77 bits per heavy atom. The number of likely N-dealkylation sites (tertiary alicyclic amines) is 1. The number of sulfonamides is 1. The number of benzene rings is 1. The van der Waals surface area contributed by atoms with Crippen LogP contribution in [0.1, 0.15) is 52.5 Å². The van der Waals surface area contributed by atoms with Gasteiger partial charge in [0.2, 0.25) is 15.9 Å². The summed E-state index contributed by atoms with van der Waals surface area (Å²) < 4.78 is 28.2. The van der Waals surface area contributed by atoms with Crippen LogP contribution in [0, 0.1) is 12.8 Å². The van der Waals surface area contributed by atoms with Gasteiger partial charge in [-0.15, -0.1) is 0 Å². The zero-order valence-corrected chi connectivity index (χ0v) is 19.8. The Bertz CT molecular complexity index is 820. The molecular weight excluding hydrogens is 398 g/mol. The van der Waals surface area contributed by atoms with Crippen molar-refractivity contribution in [3.8, 4) is 0 Å². The molecule has 1 fully saturated rings. The van der Waals surface area contributed by atoms with Crippen molar-refractivity contribution in [1.29, 1.82) is 0 Å². The Hall–Kier alpha value is -1.70. The first-order valence-electron chi connectivity index (χ1n) is 10.8. The smallest absolute Gasteiger partial charge is 0.241 e.